The minimum absolute atomic E-state index is 0.253. The van der Waals surface area contributed by atoms with E-state index in [2.05, 4.69) is 5.32 Å². The maximum Gasteiger partial charge on any atom is 0.243 e. The maximum absolute atomic E-state index is 12.6. The number of ether oxygens (including phenoxy) is 1. The fourth-order valence-corrected chi connectivity index (χ4v) is 4.35. The molecule has 0 saturated heterocycles. The third kappa shape index (κ3) is 5.87. The molecule has 0 bridgehead atoms. The Morgan fingerprint density at radius 3 is 2.52 bits per heavy atom. The number of benzene rings is 2. The van der Waals surface area contributed by atoms with E-state index in [-0.39, 0.29) is 13.2 Å². The molecular weight excluding hydrogens is 412 g/mol. The Hall–Kier alpha value is -2.25. The van der Waals surface area contributed by atoms with Crippen LogP contribution in [0.5, 0.6) is 5.75 Å². The average Bonchev–Trinajstić information content (AvgIpc) is 2.63. The molecule has 158 valence electrons. The molecule has 0 heterocycles. The SMILES string of the molecule is Cc1ccc(Cl)cc1N([C@@H](C)C(=O)NCCOc1cccc(C)c1C)S(C)(=O)=O. The van der Waals surface area contributed by atoms with Crippen molar-refractivity contribution in [2.45, 2.75) is 33.7 Å². The second-order valence-electron chi connectivity index (χ2n) is 7.00. The van der Waals surface area contributed by atoms with Crippen LogP contribution >= 0.6 is 11.6 Å². The summed E-state index contributed by atoms with van der Waals surface area (Å²) in [6.45, 7) is 7.82. The zero-order valence-corrected chi connectivity index (χ0v) is 18.9. The largest absolute Gasteiger partial charge is 0.491 e. The lowest BCUT2D eigenvalue weighted by Crippen LogP contribution is -2.48. The first-order chi connectivity index (χ1) is 13.5. The third-order valence-corrected chi connectivity index (χ3v) is 6.17. The summed E-state index contributed by atoms with van der Waals surface area (Å²) >= 11 is 6.04. The van der Waals surface area contributed by atoms with Gasteiger partial charge in [0.25, 0.3) is 0 Å². The molecule has 1 amide bonds. The highest BCUT2D eigenvalue weighted by Crippen LogP contribution is 2.28. The number of carbonyl (C=O) groups excluding carboxylic acids is 1. The van der Waals surface area contributed by atoms with Crippen molar-refractivity contribution in [1.82, 2.24) is 5.32 Å². The number of rotatable bonds is 8. The number of anilines is 1. The minimum atomic E-state index is -3.70. The van der Waals surface area contributed by atoms with Gasteiger partial charge in [0.2, 0.25) is 15.9 Å². The van der Waals surface area contributed by atoms with E-state index < -0.39 is 22.0 Å². The summed E-state index contributed by atoms with van der Waals surface area (Å²) in [6, 6.07) is 9.79. The lowest BCUT2D eigenvalue weighted by atomic mass is 10.1. The van der Waals surface area contributed by atoms with Crippen molar-refractivity contribution in [3.05, 3.63) is 58.1 Å². The van der Waals surface area contributed by atoms with E-state index in [4.69, 9.17) is 16.3 Å². The van der Waals surface area contributed by atoms with E-state index in [0.717, 1.165) is 27.4 Å². The van der Waals surface area contributed by atoms with Crippen LogP contribution in [0.4, 0.5) is 5.69 Å². The van der Waals surface area contributed by atoms with Gasteiger partial charge in [-0.2, -0.15) is 0 Å². The topological polar surface area (TPSA) is 75.7 Å². The standard InChI is InChI=1S/C21H27ClN2O4S/c1-14-7-6-8-20(16(14)3)28-12-11-23-21(25)17(4)24(29(5,26)27)19-13-18(22)10-9-15(19)2/h6-10,13,17H,11-12H2,1-5H3,(H,23,25)/t17-/m0/s1. The van der Waals surface area contributed by atoms with Crippen molar-refractivity contribution in [3.8, 4) is 5.75 Å². The van der Waals surface area contributed by atoms with E-state index in [1.54, 1.807) is 32.0 Å². The van der Waals surface area contributed by atoms with E-state index in [1.165, 1.54) is 0 Å². The van der Waals surface area contributed by atoms with Gasteiger partial charge >= 0.3 is 0 Å². The monoisotopic (exact) mass is 438 g/mol. The predicted molar refractivity (Wildman–Crippen MR) is 117 cm³/mol. The molecule has 0 aliphatic rings. The van der Waals surface area contributed by atoms with Crippen LogP contribution in [-0.2, 0) is 14.8 Å². The Bertz CT molecular complexity index is 992. The van der Waals surface area contributed by atoms with Crippen LogP contribution in [0.25, 0.3) is 0 Å². The molecule has 6 nitrogen and oxygen atoms in total. The molecule has 0 fully saturated rings. The highest BCUT2D eigenvalue weighted by molar-refractivity contribution is 7.92. The molecule has 1 N–H and O–H groups in total. The molecule has 2 rings (SSSR count). The molecule has 0 aliphatic heterocycles. The number of nitrogens with one attached hydrogen (secondary N) is 1. The molecule has 1 atom stereocenters. The van der Waals surface area contributed by atoms with Crippen LogP contribution < -0.4 is 14.4 Å². The van der Waals surface area contributed by atoms with Gasteiger partial charge in [-0.25, -0.2) is 8.42 Å². The lowest BCUT2D eigenvalue weighted by Gasteiger charge is -2.29. The minimum Gasteiger partial charge on any atom is -0.491 e. The van der Waals surface area contributed by atoms with E-state index in [9.17, 15) is 13.2 Å². The molecule has 0 aromatic heterocycles. The van der Waals surface area contributed by atoms with E-state index >= 15 is 0 Å². The molecule has 2 aromatic rings. The molecule has 29 heavy (non-hydrogen) atoms. The lowest BCUT2D eigenvalue weighted by molar-refractivity contribution is -0.121. The van der Waals surface area contributed by atoms with Crippen molar-refractivity contribution in [2.75, 3.05) is 23.7 Å². The summed E-state index contributed by atoms with van der Waals surface area (Å²) in [6.07, 6.45) is 1.07. The summed E-state index contributed by atoms with van der Waals surface area (Å²) in [5, 5.41) is 3.14. The normalized spacial score (nSPS) is 12.3. The zero-order valence-electron chi connectivity index (χ0n) is 17.3. The Balaban J connectivity index is 2.06. The number of amides is 1. The van der Waals surface area contributed by atoms with E-state index in [1.807, 2.05) is 32.0 Å². The van der Waals surface area contributed by atoms with Crippen LogP contribution in [0.2, 0.25) is 5.02 Å². The number of hydrogen-bond donors (Lipinski definition) is 1. The number of hydrogen-bond acceptors (Lipinski definition) is 4. The van der Waals surface area contributed by atoms with Crippen LogP contribution in [0.1, 0.15) is 23.6 Å². The Morgan fingerprint density at radius 1 is 1.17 bits per heavy atom. The highest BCUT2D eigenvalue weighted by Gasteiger charge is 2.30. The second kappa shape index (κ2) is 9.50. The first-order valence-corrected chi connectivity index (χ1v) is 11.5. The first-order valence-electron chi connectivity index (χ1n) is 9.24. The van der Waals surface area contributed by atoms with Crippen molar-refractivity contribution in [1.29, 1.82) is 0 Å². The summed E-state index contributed by atoms with van der Waals surface area (Å²) < 4.78 is 31.6. The summed E-state index contributed by atoms with van der Waals surface area (Å²) in [4.78, 5) is 12.6. The first kappa shape index (κ1) is 23.0. The summed E-state index contributed by atoms with van der Waals surface area (Å²) in [7, 11) is -3.70. The Kier molecular flexibility index (Phi) is 7.54. The number of carbonyl (C=O) groups is 1. The number of nitrogens with zero attached hydrogens (tertiary/aromatic N) is 1. The smallest absolute Gasteiger partial charge is 0.243 e. The van der Waals surface area contributed by atoms with Gasteiger partial charge in [-0.05, 0) is 62.6 Å². The average molecular weight is 439 g/mol. The molecule has 8 heteroatoms. The van der Waals surface area contributed by atoms with Crippen molar-refractivity contribution in [2.24, 2.45) is 0 Å². The fraction of sp³-hybridized carbons (Fsp3) is 0.381. The van der Waals surface area contributed by atoms with Crippen LogP contribution in [0.3, 0.4) is 0 Å². The van der Waals surface area contributed by atoms with Gasteiger partial charge < -0.3 is 10.1 Å². The van der Waals surface area contributed by atoms with Crippen LogP contribution in [0, 0.1) is 20.8 Å². The van der Waals surface area contributed by atoms with Gasteiger partial charge in [0.05, 0.1) is 18.5 Å². The van der Waals surface area contributed by atoms with Gasteiger partial charge in [-0.15, -0.1) is 0 Å². The number of halogens is 1. The number of sulfonamides is 1. The molecule has 2 aromatic carbocycles. The van der Waals surface area contributed by atoms with Crippen molar-refractivity contribution < 1.29 is 17.9 Å². The van der Waals surface area contributed by atoms with Crippen molar-refractivity contribution >= 4 is 33.2 Å². The molecule has 0 radical (unpaired) electrons. The van der Waals surface area contributed by atoms with Gasteiger partial charge in [0.15, 0.2) is 0 Å². The van der Waals surface area contributed by atoms with E-state index in [0.29, 0.717) is 16.3 Å². The maximum atomic E-state index is 12.6. The molecule has 0 unspecified atom stereocenters. The number of aryl methyl sites for hydroxylation is 2. The van der Waals surface area contributed by atoms with Gasteiger partial charge in [-0.3, -0.25) is 9.10 Å². The fourth-order valence-electron chi connectivity index (χ4n) is 2.96. The summed E-state index contributed by atoms with van der Waals surface area (Å²) in [5.74, 6) is 0.346. The molecule has 0 spiro atoms. The predicted octanol–water partition coefficient (Wildman–Crippen LogP) is 3.61. The second-order valence-corrected chi connectivity index (χ2v) is 9.30. The van der Waals surface area contributed by atoms with Gasteiger partial charge in [0, 0.05) is 5.02 Å². The van der Waals surface area contributed by atoms with Crippen molar-refractivity contribution in [3.63, 3.8) is 0 Å². The Labute approximate surface area is 177 Å². The van der Waals surface area contributed by atoms with Crippen LogP contribution in [0.15, 0.2) is 36.4 Å². The quantitative estimate of drug-likeness (QED) is 0.639. The summed E-state index contributed by atoms with van der Waals surface area (Å²) in [5.41, 5.74) is 3.26. The molecule has 0 aliphatic carbocycles. The molecule has 0 saturated carbocycles. The van der Waals surface area contributed by atoms with Gasteiger partial charge in [-0.1, -0.05) is 29.8 Å². The van der Waals surface area contributed by atoms with Gasteiger partial charge in [0.1, 0.15) is 18.4 Å². The highest BCUT2D eigenvalue weighted by atomic mass is 35.5. The zero-order chi connectivity index (χ0) is 21.8. The third-order valence-electron chi connectivity index (χ3n) is 4.71. The molecular formula is C21H27ClN2O4S. The van der Waals surface area contributed by atoms with Crippen LogP contribution in [-0.4, -0.2) is 39.8 Å². The Morgan fingerprint density at radius 2 is 1.86 bits per heavy atom.